The molecule has 2 rings (SSSR count). The molecule has 37 heavy (non-hydrogen) atoms. The molecule has 206 valence electrons. The number of benzene rings is 1. The largest absolute Gasteiger partial charge is 0.496 e. The first-order chi connectivity index (χ1) is 17.4. The third-order valence-electron chi connectivity index (χ3n) is 4.47. The van der Waals surface area contributed by atoms with Crippen LogP contribution < -0.4 is 4.74 Å². The fraction of sp³-hybridized carbons (Fsp3) is 0.583. The summed E-state index contributed by atoms with van der Waals surface area (Å²) in [5.41, 5.74) is 0.613. The number of azo groups is 1. The zero-order valence-corrected chi connectivity index (χ0v) is 22.3. The Hall–Kier alpha value is -3.74. The lowest BCUT2D eigenvalue weighted by molar-refractivity contribution is -0.0433. The topological polar surface area (TPSA) is 152 Å². The predicted molar refractivity (Wildman–Crippen MR) is 130 cm³/mol. The smallest absolute Gasteiger partial charge is 0.452 e. The number of ether oxygens (including phenoxy) is 6. The van der Waals surface area contributed by atoms with Crippen molar-refractivity contribution in [3.05, 3.63) is 29.3 Å². The molecule has 1 aliphatic heterocycles. The van der Waals surface area contributed by atoms with Gasteiger partial charge in [0.15, 0.2) is 0 Å². The Morgan fingerprint density at radius 1 is 1.03 bits per heavy atom. The van der Waals surface area contributed by atoms with E-state index in [0.29, 0.717) is 31.0 Å². The Morgan fingerprint density at radius 3 is 2.11 bits per heavy atom. The van der Waals surface area contributed by atoms with E-state index in [1.54, 1.807) is 36.9 Å². The Bertz CT molecular complexity index is 939. The van der Waals surface area contributed by atoms with Gasteiger partial charge in [-0.2, -0.15) is 0 Å². The van der Waals surface area contributed by atoms with E-state index in [-0.39, 0.29) is 25.4 Å². The van der Waals surface area contributed by atoms with Gasteiger partial charge in [-0.3, -0.25) is 0 Å². The monoisotopic (exact) mass is 525 g/mol. The molecule has 0 aliphatic carbocycles. The first-order valence-electron chi connectivity index (χ1n) is 11.6. The van der Waals surface area contributed by atoms with E-state index in [2.05, 4.69) is 19.7 Å². The average Bonchev–Trinajstić information content (AvgIpc) is 2.86. The van der Waals surface area contributed by atoms with Crippen molar-refractivity contribution in [1.29, 1.82) is 0 Å². The van der Waals surface area contributed by atoms with Crippen LogP contribution >= 0.6 is 0 Å². The minimum atomic E-state index is -0.898. The second-order valence-corrected chi connectivity index (χ2v) is 8.33. The van der Waals surface area contributed by atoms with Gasteiger partial charge in [0.1, 0.15) is 23.0 Å². The van der Waals surface area contributed by atoms with Crippen LogP contribution in [0.3, 0.4) is 0 Å². The van der Waals surface area contributed by atoms with Crippen LogP contribution in [-0.4, -0.2) is 81.9 Å². The first-order valence-corrected chi connectivity index (χ1v) is 11.6. The summed E-state index contributed by atoms with van der Waals surface area (Å²) in [6, 6.07) is 5.14. The molecule has 1 aromatic rings. The predicted octanol–water partition coefficient (Wildman–Crippen LogP) is 4.54. The molecule has 3 amide bonds. The van der Waals surface area contributed by atoms with Gasteiger partial charge < -0.3 is 33.3 Å². The molecule has 0 saturated carbocycles. The molecule has 1 fully saturated rings. The summed E-state index contributed by atoms with van der Waals surface area (Å²) in [6.07, 6.45) is -2.48. The number of rotatable bonds is 5. The number of methoxy groups -OCH3 is 2. The van der Waals surface area contributed by atoms with Crippen LogP contribution in [0.2, 0.25) is 0 Å². The summed E-state index contributed by atoms with van der Waals surface area (Å²) < 4.78 is 29.9. The highest BCUT2D eigenvalue weighted by Gasteiger charge is 2.29. The van der Waals surface area contributed by atoms with Crippen LogP contribution in [0.1, 0.15) is 56.6 Å². The van der Waals surface area contributed by atoms with Crippen LogP contribution in [0.25, 0.3) is 0 Å². The fourth-order valence-corrected chi connectivity index (χ4v) is 2.92. The highest BCUT2D eigenvalue weighted by atomic mass is 16.6. The van der Waals surface area contributed by atoms with Crippen molar-refractivity contribution >= 4 is 24.2 Å². The van der Waals surface area contributed by atoms with Gasteiger partial charge >= 0.3 is 24.2 Å². The molecule has 1 heterocycles. The minimum absolute atomic E-state index is 0.195. The van der Waals surface area contributed by atoms with E-state index in [4.69, 9.17) is 18.9 Å². The molecule has 0 unspecified atom stereocenters. The van der Waals surface area contributed by atoms with Gasteiger partial charge in [-0.25, -0.2) is 19.2 Å². The van der Waals surface area contributed by atoms with Gasteiger partial charge in [-0.15, -0.1) is 0 Å². The zero-order valence-electron chi connectivity index (χ0n) is 22.3. The molecule has 13 nitrogen and oxygen atoms in total. The van der Waals surface area contributed by atoms with Gasteiger partial charge in [-0.1, -0.05) is 16.3 Å². The summed E-state index contributed by atoms with van der Waals surface area (Å²) >= 11 is 0. The van der Waals surface area contributed by atoms with Crippen molar-refractivity contribution in [2.75, 3.05) is 47.1 Å². The molecular formula is C24H35N3O10. The summed E-state index contributed by atoms with van der Waals surface area (Å²) in [6.45, 7) is 10.4. The summed E-state index contributed by atoms with van der Waals surface area (Å²) in [5.74, 6) is -0.0642. The number of amides is 3. The number of hydrogen-bond donors (Lipinski definition) is 0. The molecule has 1 aliphatic rings. The molecule has 1 saturated heterocycles. The van der Waals surface area contributed by atoms with E-state index in [0.717, 1.165) is 5.56 Å². The maximum Gasteiger partial charge on any atom is 0.452 e. The number of hydrogen-bond acceptors (Lipinski definition) is 10. The Balaban J connectivity index is 0.000000482. The first kappa shape index (κ1) is 31.3. The normalized spacial score (nSPS) is 15.2. The van der Waals surface area contributed by atoms with Crippen molar-refractivity contribution < 1.29 is 47.6 Å². The van der Waals surface area contributed by atoms with E-state index in [1.807, 2.05) is 20.8 Å². The van der Waals surface area contributed by atoms with E-state index in [1.165, 1.54) is 14.2 Å². The van der Waals surface area contributed by atoms with Gasteiger partial charge in [0, 0.05) is 6.54 Å². The Kier molecular flexibility index (Phi) is 13.0. The molecule has 0 N–H and O–H groups in total. The summed E-state index contributed by atoms with van der Waals surface area (Å²) in [4.78, 5) is 46.6. The average molecular weight is 526 g/mol. The van der Waals surface area contributed by atoms with Gasteiger partial charge in [0.2, 0.25) is 0 Å². The number of carbonyl (C=O) groups is 4. The molecule has 1 atom stereocenters. The molecule has 0 aromatic heterocycles. The Labute approximate surface area is 216 Å². The summed E-state index contributed by atoms with van der Waals surface area (Å²) in [7, 11) is 2.80. The molecular weight excluding hydrogens is 490 g/mol. The van der Waals surface area contributed by atoms with Crippen LogP contribution in [0.5, 0.6) is 5.75 Å². The van der Waals surface area contributed by atoms with Crippen molar-refractivity contribution in [2.45, 2.75) is 46.3 Å². The number of carbonyl (C=O) groups excluding carboxylic acids is 4. The van der Waals surface area contributed by atoms with Crippen molar-refractivity contribution in [3.8, 4) is 5.75 Å². The van der Waals surface area contributed by atoms with Crippen molar-refractivity contribution in [1.82, 2.24) is 4.90 Å². The molecule has 0 spiro atoms. The molecule has 0 radical (unpaired) electrons. The fourth-order valence-electron chi connectivity index (χ4n) is 2.92. The highest BCUT2D eigenvalue weighted by molar-refractivity contribution is 5.92. The van der Waals surface area contributed by atoms with Gasteiger partial charge in [0.25, 0.3) is 0 Å². The van der Waals surface area contributed by atoms with Crippen LogP contribution in [0, 0.1) is 0 Å². The lowest BCUT2D eigenvalue weighted by Gasteiger charge is -2.34. The van der Waals surface area contributed by atoms with E-state index in [9.17, 15) is 19.2 Å². The maximum absolute atomic E-state index is 12.3. The number of morpholine rings is 1. The van der Waals surface area contributed by atoms with Gasteiger partial charge in [-0.05, 0) is 52.3 Å². The standard InChI is InChI=1S/C18H25NO6.C6H10N2O4/c1-18(2,3)25-17(21)19-8-9-24-15(11-19)12-6-7-13(16(20)23-5)14(10-12)22-4;1-3-11-5(9)7-8-6(10)12-4-2/h6-7,10,15H,8-9,11H2,1-5H3;3-4H2,1-2H3/t15-;/m0./s1. The molecule has 0 bridgehead atoms. The van der Waals surface area contributed by atoms with E-state index >= 15 is 0 Å². The Morgan fingerprint density at radius 2 is 1.62 bits per heavy atom. The quantitative estimate of drug-likeness (QED) is 0.304. The third kappa shape index (κ3) is 11.2. The van der Waals surface area contributed by atoms with Crippen LogP contribution in [-0.2, 0) is 23.7 Å². The van der Waals surface area contributed by atoms with Crippen molar-refractivity contribution in [2.24, 2.45) is 10.2 Å². The highest BCUT2D eigenvalue weighted by Crippen LogP contribution is 2.29. The lowest BCUT2D eigenvalue weighted by atomic mass is 10.0. The molecule has 1 aromatic carbocycles. The minimum Gasteiger partial charge on any atom is -0.496 e. The third-order valence-corrected chi connectivity index (χ3v) is 4.47. The summed E-state index contributed by atoms with van der Waals surface area (Å²) in [5, 5.41) is 5.84. The van der Waals surface area contributed by atoms with Crippen molar-refractivity contribution in [3.63, 3.8) is 0 Å². The second kappa shape index (κ2) is 15.4. The SMILES string of the molecule is CCOC(=O)N=NC(=O)OCC.COC(=O)c1ccc([C@@H]2CN(C(=O)OC(C)(C)C)CCO2)cc1OC. The van der Waals surface area contributed by atoms with Crippen LogP contribution in [0.15, 0.2) is 28.4 Å². The van der Waals surface area contributed by atoms with Gasteiger partial charge in [0.05, 0.1) is 40.6 Å². The second-order valence-electron chi connectivity index (χ2n) is 8.33. The van der Waals surface area contributed by atoms with E-state index < -0.39 is 23.8 Å². The number of nitrogens with zero attached hydrogens (tertiary/aromatic N) is 3. The zero-order chi connectivity index (χ0) is 28.0. The molecule has 13 heteroatoms. The lowest BCUT2D eigenvalue weighted by Crippen LogP contribution is -2.44. The number of esters is 1. The maximum atomic E-state index is 12.3. The van der Waals surface area contributed by atoms with Crippen LogP contribution in [0.4, 0.5) is 14.4 Å².